The lowest BCUT2D eigenvalue weighted by Crippen LogP contribution is -2.45. The number of methoxy groups -OCH3 is 1. The topological polar surface area (TPSA) is 68.8 Å². The van der Waals surface area contributed by atoms with Gasteiger partial charge in [-0.2, -0.15) is 0 Å². The molecule has 2 N–H and O–H groups in total. The Hall–Kier alpha value is -2.12. The molecule has 0 saturated heterocycles. The number of carbonyl (C=O) groups is 1. The van der Waals surface area contributed by atoms with E-state index in [1.54, 1.807) is 7.11 Å². The molecule has 2 rings (SSSR count). The van der Waals surface area contributed by atoms with Crippen LogP contribution in [0.15, 0.2) is 35.5 Å². The van der Waals surface area contributed by atoms with Gasteiger partial charge < -0.3 is 24.8 Å². The summed E-state index contributed by atoms with van der Waals surface area (Å²) in [7, 11) is 1.56. The number of esters is 1. The normalized spacial score (nSPS) is 17.0. The first-order valence-corrected chi connectivity index (χ1v) is 9.00. The van der Waals surface area contributed by atoms with Gasteiger partial charge in [0.15, 0.2) is 5.11 Å². The van der Waals surface area contributed by atoms with E-state index in [9.17, 15) is 4.79 Å². The number of hydrogen-bond donors (Lipinski definition) is 2. The van der Waals surface area contributed by atoms with Gasteiger partial charge in [-0.3, -0.25) is 0 Å². The molecule has 1 atom stereocenters. The Labute approximate surface area is 159 Å². The van der Waals surface area contributed by atoms with E-state index in [0.717, 1.165) is 11.3 Å². The average Bonchev–Trinajstić information content (AvgIpc) is 2.59. The summed E-state index contributed by atoms with van der Waals surface area (Å²) in [5.41, 5.74) is 2.09. The van der Waals surface area contributed by atoms with Crippen molar-refractivity contribution in [2.24, 2.45) is 5.92 Å². The Morgan fingerprint density at radius 2 is 1.92 bits per heavy atom. The Kier molecular flexibility index (Phi) is 7.41. The highest BCUT2D eigenvalue weighted by molar-refractivity contribution is 7.80. The molecule has 0 aliphatic carbocycles. The zero-order valence-corrected chi connectivity index (χ0v) is 16.4. The minimum atomic E-state index is -0.396. The van der Waals surface area contributed by atoms with Crippen molar-refractivity contribution in [2.75, 3.05) is 26.9 Å². The summed E-state index contributed by atoms with van der Waals surface area (Å²) in [6.07, 6.45) is 0. The number of allylic oxidation sites excluding steroid dienone is 1. The summed E-state index contributed by atoms with van der Waals surface area (Å²) in [5, 5.41) is 6.60. The maximum Gasteiger partial charge on any atom is 0.338 e. The van der Waals surface area contributed by atoms with Crippen molar-refractivity contribution in [3.63, 3.8) is 0 Å². The lowest BCUT2D eigenvalue weighted by atomic mass is 9.95. The molecule has 1 aliphatic rings. The zero-order valence-electron chi connectivity index (χ0n) is 15.6. The molecule has 0 radical (unpaired) electrons. The van der Waals surface area contributed by atoms with Gasteiger partial charge in [-0.25, -0.2) is 4.79 Å². The van der Waals surface area contributed by atoms with E-state index in [1.165, 1.54) is 0 Å². The van der Waals surface area contributed by atoms with E-state index in [0.29, 0.717) is 35.5 Å². The third kappa shape index (κ3) is 5.44. The van der Waals surface area contributed by atoms with Crippen LogP contribution in [0.25, 0.3) is 0 Å². The number of rotatable bonds is 8. The van der Waals surface area contributed by atoms with Gasteiger partial charge in [0, 0.05) is 12.8 Å². The number of hydrogen-bond acceptors (Lipinski definition) is 5. The minimum absolute atomic E-state index is 0.200. The molecule has 0 bridgehead atoms. The minimum Gasteiger partial charge on any atom is -0.493 e. The number of ether oxygens (including phenoxy) is 3. The van der Waals surface area contributed by atoms with Crippen molar-refractivity contribution in [3.8, 4) is 5.75 Å². The Bertz CT molecular complexity index is 671. The van der Waals surface area contributed by atoms with Gasteiger partial charge in [0.2, 0.25) is 0 Å². The van der Waals surface area contributed by atoms with Crippen LogP contribution in [0, 0.1) is 5.92 Å². The predicted octanol–water partition coefficient (Wildman–Crippen LogP) is 2.70. The Morgan fingerprint density at radius 3 is 2.54 bits per heavy atom. The van der Waals surface area contributed by atoms with Crippen molar-refractivity contribution < 1.29 is 19.0 Å². The van der Waals surface area contributed by atoms with Gasteiger partial charge in [-0.15, -0.1) is 0 Å². The molecule has 1 aromatic rings. The van der Waals surface area contributed by atoms with Crippen LogP contribution in [0.5, 0.6) is 5.75 Å². The summed E-state index contributed by atoms with van der Waals surface area (Å²) in [4.78, 5) is 12.5. The quantitative estimate of drug-likeness (QED) is 0.409. The highest BCUT2D eigenvalue weighted by Gasteiger charge is 2.30. The summed E-state index contributed by atoms with van der Waals surface area (Å²) in [6.45, 7) is 7.22. The third-order valence-electron chi connectivity index (χ3n) is 3.81. The molecule has 26 heavy (non-hydrogen) atoms. The van der Waals surface area contributed by atoms with Crippen LogP contribution in [-0.4, -0.2) is 38.0 Å². The fraction of sp³-hybridized carbons (Fsp3) is 0.474. The van der Waals surface area contributed by atoms with E-state index in [2.05, 4.69) is 24.5 Å². The molecular formula is C19H26N2O4S. The van der Waals surface area contributed by atoms with Gasteiger partial charge in [0.25, 0.3) is 0 Å². The maximum absolute atomic E-state index is 12.5. The van der Waals surface area contributed by atoms with Crippen LogP contribution in [0.3, 0.4) is 0 Å². The first-order chi connectivity index (χ1) is 12.4. The largest absolute Gasteiger partial charge is 0.493 e. The van der Waals surface area contributed by atoms with Gasteiger partial charge in [-0.1, -0.05) is 26.0 Å². The smallest absolute Gasteiger partial charge is 0.338 e. The van der Waals surface area contributed by atoms with Gasteiger partial charge in [-0.05, 0) is 42.8 Å². The number of thiocarbonyl (C=S) groups is 1. The number of carbonyl (C=O) groups excluding carboxylic acids is 1. The van der Waals surface area contributed by atoms with Crippen molar-refractivity contribution in [2.45, 2.75) is 26.8 Å². The molecule has 0 aromatic heterocycles. The van der Waals surface area contributed by atoms with E-state index in [-0.39, 0.29) is 12.6 Å². The van der Waals surface area contributed by atoms with Crippen LogP contribution in [0.4, 0.5) is 0 Å². The lowest BCUT2D eigenvalue weighted by Gasteiger charge is -2.30. The SMILES string of the molecule is COCCOC(=O)C1=C(C)NC(=S)NC1c1ccc(OCC(C)C)cc1. The summed E-state index contributed by atoms with van der Waals surface area (Å²) in [5.74, 6) is 0.855. The molecule has 0 amide bonds. The molecule has 1 aliphatic heterocycles. The molecule has 0 saturated carbocycles. The molecular weight excluding hydrogens is 352 g/mol. The molecule has 0 fully saturated rings. The lowest BCUT2D eigenvalue weighted by molar-refractivity contribution is -0.140. The highest BCUT2D eigenvalue weighted by atomic mass is 32.1. The summed E-state index contributed by atoms with van der Waals surface area (Å²) >= 11 is 5.25. The van der Waals surface area contributed by atoms with Crippen molar-refractivity contribution in [1.29, 1.82) is 0 Å². The predicted molar refractivity (Wildman–Crippen MR) is 104 cm³/mol. The summed E-state index contributed by atoms with van der Waals surface area (Å²) in [6, 6.07) is 7.27. The zero-order chi connectivity index (χ0) is 19.1. The van der Waals surface area contributed by atoms with Crippen LogP contribution >= 0.6 is 12.2 Å². The Morgan fingerprint density at radius 1 is 1.23 bits per heavy atom. The highest BCUT2D eigenvalue weighted by Crippen LogP contribution is 2.29. The molecule has 1 unspecified atom stereocenters. The van der Waals surface area contributed by atoms with Crippen molar-refractivity contribution >= 4 is 23.3 Å². The Balaban J connectivity index is 2.19. The monoisotopic (exact) mass is 378 g/mol. The van der Waals surface area contributed by atoms with Crippen molar-refractivity contribution in [1.82, 2.24) is 10.6 Å². The fourth-order valence-corrected chi connectivity index (χ4v) is 2.80. The molecule has 1 heterocycles. The second kappa shape index (κ2) is 9.54. The second-order valence-corrected chi connectivity index (χ2v) is 6.88. The third-order valence-corrected chi connectivity index (χ3v) is 4.03. The number of nitrogens with one attached hydrogen (secondary N) is 2. The molecule has 6 nitrogen and oxygen atoms in total. The first kappa shape index (κ1) is 20.2. The van der Waals surface area contributed by atoms with Crippen LogP contribution in [-0.2, 0) is 14.3 Å². The van der Waals surface area contributed by atoms with E-state index in [4.69, 9.17) is 26.4 Å². The molecule has 0 spiro atoms. The standard InChI is InChI=1S/C19H26N2O4S/c1-12(2)11-25-15-7-5-14(6-8-15)17-16(13(3)20-19(26)21-17)18(22)24-10-9-23-4/h5-8,12,17H,9-11H2,1-4H3,(H2,20,21,26). The van der Waals surface area contributed by atoms with Crippen molar-refractivity contribution in [3.05, 3.63) is 41.1 Å². The van der Waals surface area contributed by atoms with E-state index in [1.807, 2.05) is 31.2 Å². The maximum atomic E-state index is 12.5. The molecule has 142 valence electrons. The average molecular weight is 378 g/mol. The van der Waals surface area contributed by atoms with Gasteiger partial charge in [0.1, 0.15) is 12.4 Å². The second-order valence-electron chi connectivity index (χ2n) is 6.47. The van der Waals surface area contributed by atoms with E-state index < -0.39 is 5.97 Å². The van der Waals surface area contributed by atoms with Crippen LogP contribution in [0.2, 0.25) is 0 Å². The fourth-order valence-electron chi connectivity index (χ4n) is 2.53. The first-order valence-electron chi connectivity index (χ1n) is 8.59. The van der Waals surface area contributed by atoms with Gasteiger partial charge in [0.05, 0.1) is 24.8 Å². The van der Waals surface area contributed by atoms with Crippen LogP contribution < -0.4 is 15.4 Å². The summed E-state index contributed by atoms with van der Waals surface area (Å²) < 4.78 is 15.9. The van der Waals surface area contributed by atoms with Crippen LogP contribution in [0.1, 0.15) is 32.4 Å². The molecule has 1 aromatic carbocycles. The van der Waals surface area contributed by atoms with E-state index >= 15 is 0 Å². The molecule has 7 heteroatoms. The number of benzene rings is 1. The van der Waals surface area contributed by atoms with Gasteiger partial charge >= 0.3 is 5.97 Å².